The number of anilines is 2. The van der Waals surface area contributed by atoms with E-state index in [1.165, 1.54) is 11.1 Å². The molecular weight excluding hydrogens is 394 g/mol. The molecule has 150 valence electrons. The fourth-order valence-electron chi connectivity index (χ4n) is 3.50. The highest BCUT2D eigenvalue weighted by atomic mass is 35.5. The van der Waals surface area contributed by atoms with E-state index in [1.807, 2.05) is 48.5 Å². The van der Waals surface area contributed by atoms with E-state index in [4.69, 9.17) is 16.6 Å². The minimum Gasteiger partial charge on any atom is -0.348 e. The Kier molecular flexibility index (Phi) is 5.68. The average Bonchev–Trinajstić information content (AvgIpc) is 2.72. The number of nitrogens with one attached hydrogen (secondary N) is 2. The lowest BCUT2D eigenvalue weighted by atomic mass is 10.1. The first-order chi connectivity index (χ1) is 14.5. The van der Waals surface area contributed by atoms with Gasteiger partial charge in [0.15, 0.2) is 0 Å². The van der Waals surface area contributed by atoms with Crippen LogP contribution in [0.5, 0.6) is 0 Å². The number of carbonyl (C=O) groups is 1. The van der Waals surface area contributed by atoms with Crippen molar-refractivity contribution in [2.24, 2.45) is 0 Å². The second kappa shape index (κ2) is 8.56. The third kappa shape index (κ3) is 4.61. The van der Waals surface area contributed by atoms with E-state index in [-0.39, 0.29) is 5.91 Å². The Hall–Kier alpha value is -3.37. The molecule has 0 saturated carbocycles. The summed E-state index contributed by atoms with van der Waals surface area (Å²) < 4.78 is 0. The SMILES string of the molecule is Cc1cc(C)cc(Nc2cc(C(=O)NCc3ccc(Cl)cc3)c3ccccc3n2)c1. The summed E-state index contributed by atoms with van der Waals surface area (Å²) in [6.07, 6.45) is 0. The number of pyridine rings is 1. The summed E-state index contributed by atoms with van der Waals surface area (Å²) in [6, 6.07) is 23.1. The van der Waals surface area contributed by atoms with Gasteiger partial charge < -0.3 is 10.6 Å². The predicted molar refractivity (Wildman–Crippen MR) is 124 cm³/mol. The van der Waals surface area contributed by atoms with Crippen LogP contribution in [-0.2, 0) is 6.54 Å². The molecule has 1 amide bonds. The number of aryl methyl sites for hydroxylation is 2. The Morgan fingerprint density at radius 1 is 0.933 bits per heavy atom. The number of benzene rings is 3. The highest BCUT2D eigenvalue weighted by Crippen LogP contribution is 2.24. The minimum absolute atomic E-state index is 0.146. The number of para-hydroxylation sites is 1. The zero-order chi connectivity index (χ0) is 21.1. The number of hydrogen-bond acceptors (Lipinski definition) is 3. The van der Waals surface area contributed by atoms with Crippen LogP contribution in [0.3, 0.4) is 0 Å². The van der Waals surface area contributed by atoms with Crippen molar-refractivity contribution in [2.75, 3.05) is 5.32 Å². The third-order valence-corrected chi connectivity index (χ3v) is 5.07. The summed E-state index contributed by atoms with van der Waals surface area (Å²) in [5.74, 6) is 0.488. The van der Waals surface area contributed by atoms with Crippen LogP contribution in [0.25, 0.3) is 10.9 Å². The van der Waals surface area contributed by atoms with Gasteiger partial charge in [-0.25, -0.2) is 4.98 Å². The molecule has 3 aromatic carbocycles. The standard InChI is InChI=1S/C25H22ClN3O/c1-16-11-17(2)13-20(12-16)28-24-14-22(21-5-3-4-6-23(21)29-24)25(30)27-15-18-7-9-19(26)10-8-18/h3-14H,15H2,1-2H3,(H,27,30)(H,28,29). The van der Waals surface area contributed by atoms with Crippen LogP contribution in [0.15, 0.2) is 72.8 Å². The molecule has 0 spiro atoms. The number of halogens is 1. The Labute approximate surface area is 180 Å². The van der Waals surface area contributed by atoms with Gasteiger partial charge in [0.25, 0.3) is 5.91 Å². The van der Waals surface area contributed by atoms with Gasteiger partial charge in [-0.3, -0.25) is 4.79 Å². The van der Waals surface area contributed by atoms with Crippen LogP contribution in [0.4, 0.5) is 11.5 Å². The van der Waals surface area contributed by atoms with Crippen LogP contribution < -0.4 is 10.6 Å². The first-order valence-corrected chi connectivity index (χ1v) is 10.1. The van der Waals surface area contributed by atoms with Crippen LogP contribution in [0, 0.1) is 13.8 Å². The van der Waals surface area contributed by atoms with Crippen molar-refractivity contribution in [1.82, 2.24) is 10.3 Å². The maximum atomic E-state index is 13.0. The first-order valence-electron chi connectivity index (χ1n) is 9.76. The van der Waals surface area contributed by atoms with Crippen molar-refractivity contribution in [1.29, 1.82) is 0 Å². The summed E-state index contributed by atoms with van der Waals surface area (Å²) in [6.45, 7) is 4.54. The number of hydrogen-bond donors (Lipinski definition) is 2. The molecule has 0 aliphatic rings. The molecule has 4 aromatic rings. The summed E-state index contributed by atoms with van der Waals surface area (Å²) in [7, 11) is 0. The van der Waals surface area contributed by atoms with Crippen molar-refractivity contribution in [3.05, 3.63) is 100 Å². The van der Waals surface area contributed by atoms with Crippen molar-refractivity contribution in [2.45, 2.75) is 20.4 Å². The van der Waals surface area contributed by atoms with Gasteiger partial charge in [0.1, 0.15) is 5.82 Å². The Morgan fingerprint density at radius 2 is 1.63 bits per heavy atom. The largest absolute Gasteiger partial charge is 0.348 e. The lowest BCUT2D eigenvalue weighted by molar-refractivity contribution is 0.0952. The van der Waals surface area contributed by atoms with Gasteiger partial charge in [0.2, 0.25) is 0 Å². The van der Waals surface area contributed by atoms with Gasteiger partial charge in [-0.1, -0.05) is 48.0 Å². The molecule has 0 aliphatic carbocycles. The Morgan fingerprint density at radius 3 is 2.37 bits per heavy atom. The molecule has 30 heavy (non-hydrogen) atoms. The summed E-state index contributed by atoms with van der Waals surface area (Å²) >= 11 is 5.94. The highest BCUT2D eigenvalue weighted by Gasteiger charge is 2.13. The third-order valence-electron chi connectivity index (χ3n) is 4.82. The molecule has 0 atom stereocenters. The monoisotopic (exact) mass is 415 g/mol. The van der Waals surface area contributed by atoms with Gasteiger partial charge in [-0.15, -0.1) is 0 Å². The fourth-order valence-corrected chi connectivity index (χ4v) is 3.63. The van der Waals surface area contributed by atoms with Gasteiger partial charge in [0, 0.05) is 22.6 Å². The molecule has 4 nitrogen and oxygen atoms in total. The number of carbonyl (C=O) groups excluding carboxylic acids is 1. The molecular formula is C25H22ClN3O. The lowest BCUT2D eigenvalue weighted by Gasteiger charge is -2.13. The van der Waals surface area contributed by atoms with Crippen molar-refractivity contribution in [3.8, 4) is 0 Å². The van der Waals surface area contributed by atoms with Gasteiger partial charge in [-0.05, 0) is 66.9 Å². The van der Waals surface area contributed by atoms with Crippen LogP contribution in [-0.4, -0.2) is 10.9 Å². The predicted octanol–water partition coefficient (Wildman–Crippen LogP) is 6.18. The normalized spacial score (nSPS) is 10.8. The van der Waals surface area contributed by atoms with E-state index < -0.39 is 0 Å². The molecule has 2 N–H and O–H groups in total. The van der Waals surface area contributed by atoms with Crippen molar-refractivity contribution in [3.63, 3.8) is 0 Å². The number of amides is 1. The number of nitrogens with zero attached hydrogens (tertiary/aromatic N) is 1. The van der Waals surface area contributed by atoms with E-state index in [0.29, 0.717) is 22.9 Å². The molecule has 0 bridgehead atoms. The summed E-state index contributed by atoms with van der Waals surface area (Å²) in [5.41, 5.74) is 5.62. The second-order valence-corrected chi connectivity index (χ2v) is 7.82. The van der Waals surface area contributed by atoms with E-state index in [2.05, 4.69) is 42.7 Å². The average molecular weight is 416 g/mol. The zero-order valence-electron chi connectivity index (χ0n) is 16.9. The van der Waals surface area contributed by atoms with E-state index in [0.717, 1.165) is 22.2 Å². The van der Waals surface area contributed by atoms with Gasteiger partial charge in [-0.2, -0.15) is 0 Å². The quantitative estimate of drug-likeness (QED) is 0.409. The maximum Gasteiger partial charge on any atom is 0.252 e. The van der Waals surface area contributed by atoms with Crippen LogP contribution in [0.1, 0.15) is 27.0 Å². The van der Waals surface area contributed by atoms with Crippen LogP contribution >= 0.6 is 11.6 Å². The topological polar surface area (TPSA) is 54.0 Å². The molecule has 0 unspecified atom stereocenters. The number of rotatable bonds is 5. The summed E-state index contributed by atoms with van der Waals surface area (Å²) in [4.78, 5) is 17.7. The summed E-state index contributed by atoms with van der Waals surface area (Å²) in [5, 5.41) is 7.84. The lowest BCUT2D eigenvalue weighted by Crippen LogP contribution is -2.23. The first kappa shape index (κ1) is 19.9. The molecule has 1 heterocycles. The fraction of sp³-hybridized carbons (Fsp3) is 0.120. The Balaban J connectivity index is 1.64. The highest BCUT2D eigenvalue weighted by molar-refractivity contribution is 6.30. The van der Waals surface area contributed by atoms with Crippen molar-refractivity contribution < 1.29 is 4.79 Å². The molecule has 5 heteroatoms. The van der Waals surface area contributed by atoms with Crippen LogP contribution in [0.2, 0.25) is 5.02 Å². The molecule has 1 aromatic heterocycles. The minimum atomic E-state index is -0.146. The zero-order valence-corrected chi connectivity index (χ0v) is 17.6. The number of fused-ring (bicyclic) bond motifs is 1. The smallest absolute Gasteiger partial charge is 0.252 e. The van der Waals surface area contributed by atoms with E-state index >= 15 is 0 Å². The maximum absolute atomic E-state index is 13.0. The Bertz CT molecular complexity index is 1200. The van der Waals surface area contributed by atoms with Gasteiger partial charge >= 0.3 is 0 Å². The van der Waals surface area contributed by atoms with E-state index in [9.17, 15) is 4.79 Å². The number of aromatic nitrogens is 1. The van der Waals surface area contributed by atoms with E-state index in [1.54, 1.807) is 6.07 Å². The van der Waals surface area contributed by atoms with Crippen molar-refractivity contribution >= 4 is 39.9 Å². The molecule has 0 aliphatic heterocycles. The molecule has 0 saturated heterocycles. The molecule has 0 fully saturated rings. The molecule has 0 radical (unpaired) electrons. The molecule has 4 rings (SSSR count). The van der Waals surface area contributed by atoms with Gasteiger partial charge in [0.05, 0.1) is 11.1 Å². The second-order valence-electron chi connectivity index (χ2n) is 7.38.